The first-order valence-corrected chi connectivity index (χ1v) is 12.8. The molecule has 5 N–H and O–H groups in total. The number of H-pyrrole nitrogens is 2. The molecule has 11 nitrogen and oxygen atoms in total. The van der Waals surface area contributed by atoms with E-state index in [-0.39, 0.29) is 43.0 Å². The van der Waals surface area contributed by atoms with Crippen LogP contribution in [0, 0.1) is 5.82 Å². The van der Waals surface area contributed by atoms with Gasteiger partial charge in [-0.1, -0.05) is 29.3 Å². The highest BCUT2D eigenvalue weighted by Gasteiger charge is 2.29. The van der Waals surface area contributed by atoms with Crippen molar-refractivity contribution in [1.29, 1.82) is 0 Å². The molecule has 0 radical (unpaired) electrons. The molecule has 37 heavy (non-hydrogen) atoms. The number of primary sulfonamides is 1. The van der Waals surface area contributed by atoms with Gasteiger partial charge in [0.05, 0.1) is 16.5 Å². The van der Waals surface area contributed by atoms with Gasteiger partial charge in [-0.2, -0.15) is 5.10 Å². The first-order chi connectivity index (χ1) is 17.3. The van der Waals surface area contributed by atoms with E-state index >= 15 is 0 Å². The highest BCUT2D eigenvalue weighted by Crippen LogP contribution is 2.41. The summed E-state index contributed by atoms with van der Waals surface area (Å²) in [5, 5.41) is 14.5. The van der Waals surface area contributed by atoms with Gasteiger partial charge in [-0.15, -0.1) is 0 Å². The van der Waals surface area contributed by atoms with E-state index in [2.05, 4.69) is 25.5 Å². The van der Waals surface area contributed by atoms with E-state index in [9.17, 15) is 22.4 Å². The first-order valence-electron chi connectivity index (χ1n) is 10.5. The number of carbonyl (C=O) groups excluding carboxylic acids is 1. The van der Waals surface area contributed by atoms with E-state index in [1.807, 2.05) is 0 Å². The summed E-state index contributed by atoms with van der Waals surface area (Å²) >= 11 is 13.0. The molecule has 4 rings (SSSR count). The summed E-state index contributed by atoms with van der Waals surface area (Å²) in [6.07, 6.45) is 0. The van der Waals surface area contributed by atoms with Crippen LogP contribution >= 0.6 is 23.2 Å². The number of sulfonamides is 1. The zero-order chi connectivity index (χ0) is 27.2. The van der Waals surface area contributed by atoms with E-state index in [1.165, 1.54) is 19.1 Å². The Morgan fingerprint density at radius 2 is 1.84 bits per heavy atom. The second-order valence-electron chi connectivity index (χ2n) is 8.32. The van der Waals surface area contributed by atoms with Gasteiger partial charge in [0.25, 0.3) is 5.56 Å². The van der Waals surface area contributed by atoms with Gasteiger partial charge >= 0.3 is 0 Å². The number of aromatic amines is 2. The maximum absolute atomic E-state index is 14.5. The predicted molar refractivity (Wildman–Crippen MR) is 138 cm³/mol. The van der Waals surface area contributed by atoms with Gasteiger partial charge in [-0.3, -0.25) is 14.7 Å². The molecule has 2 heterocycles. The largest absolute Gasteiger partial charge is 0.361 e. The molecule has 4 aromatic rings. The fourth-order valence-electron chi connectivity index (χ4n) is 3.87. The molecule has 15 heteroatoms. The van der Waals surface area contributed by atoms with Crippen LogP contribution in [0.25, 0.3) is 11.0 Å². The van der Waals surface area contributed by atoms with Crippen molar-refractivity contribution >= 4 is 61.7 Å². The molecule has 0 saturated carbocycles. The quantitative estimate of drug-likeness (QED) is 0.277. The second kappa shape index (κ2) is 9.74. The minimum atomic E-state index is -4.14. The Bertz CT molecular complexity index is 1700. The maximum Gasteiger partial charge on any atom is 0.264 e. The summed E-state index contributed by atoms with van der Waals surface area (Å²) in [4.78, 5) is 33.3. The molecule has 0 aliphatic heterocycles. The number of aromatic nitrogens is 4. The number of halogens is 3. The molecule has 1 amide bonds. The third-order valence-electron chi connectivity index (χ3n) is 5.43. The Balaban J connectivity index is 2.03. The summed E-state index contributed by atoms with van der Waals surface area (Å²) in [5.41, 5.74) is -0.0218. The lowest BCUT2D eigenvalue weighted by molar-refractivity contribution is -0.114. The highest BCUT2D eigenvalue weighted by molar-refractivity contribution is 7.89. The van der Waals surface area contributed by atoms with Crippen molar-refractivity contribution in [2.45, 2.75) is 17.7 Å². The number of hydrogen-bond acceptors (Lipinski definition) is 7. The Morgan fingerprint density at radius 3 is 2.41 bits per heavy atom. The average Bonchev–Trinajstić information content (AvgIpc) is 3.22. The van der Waals surface area contributed by atoms with Crippen molar-refractivity contribution < 1.29 is 17.6 Å². The van der Waals surface area contributed by atoms with Crippen LogP contribution in [-0.2, 0) is 14.8 Å². The van der Waals surface area contributed by atoms with Crippen molar-refractivity contribution in [3.63, 3.8) is 0 Å². The van der Waals surface area contributed by atoms with E-state index in [0.717, 1.165) is 18.2 Å². The maximum atomic E-state index is 14.5. The van der Waals surface area contributed by atoms with E-state index in [4.69, 9.17) is 28.3 Å². The minimum Gasteiger partial charge on any atom is -0.361 e. The average molecular weight is 568 g/mol. The SMILES string of the molecule is CC(=O)Nc1cc(C(c2nc3[nH]nc(N(C)C)c3c(=O)[nH]2)c2c(Cl)cc(S(N)(=O)=O)cc2Cl)ccc1F. The van der Waals surface area contributed by atoms with Gasteiger partial charge in [0.15, 0.2) is 11.5 Å². The lowest BCUT2D eigenvalue weighted by Gasteiger charge is -2.21. The molecular weight excluding hydrogens is 548 g/mol. The van der Waals surface area contributed by atoms with Crippen molar-refractivity contribution in [3.8, 4) is 0 Å². The number of nitrogens with zero attached hydrogens (tertiary/aromatic N) is 3. The smallest absolute Gasteiger partial charge is 0.264 e. The van der Waals surface area contributed by atoms with Crippen LogP contribution in [0.4, 0.5) is 15.9 Å². The molecule has 1 unspecified atom stereocenters. The number of nitrogens with two attached hydrogens (primary N) is 1. The fourth-order valence-corrected chi connectivity index (χ4v) is 5.27. The standard InChI is InChI=1S/C22H20Cl2FN7O4S/c1-9(33)27-15-6-10(4-5-14(15)25)16(17-12(23)7-11(8-13(17)24)37(26,35)36)19-28-20-18(22(34)29-19)21(31-30-20)32(2)3/h4-8,16H,1-3H3,(H,27,33)(H2,26,35,36)(H2,28,29,30,31,34). The van der Waals surface area contributed by atoms with Crippen molar-refractivity contribution in [2.75, 3.05) is 24.3 Å². The number of benzene rings is 2. The Morgan fingerprint density at radius 1 is 1.19 bits per heavy atom. The molecule has 0 saturated heterocycles. The highest BCUT2D eigenvalue weighted by atomic mass is 35.5. The molecule has 2 aromatic carbocycles. The lowest BCUT2D eigenvalue weighted by atomic mass is 9.89. The van der Waals surface area contributed by atoms with Gasteiger partial charge in [0.2, 0.25) is 15.9 Å². The lowest BCUT2D eigenvalue weighted by Crippen LogP contribution is -2.19. The van der Waals surface area contributed by atoms with E-state index in [1.54, 1.807) is 19.0 Å². The van der Waals surface area contributed by atoms with Crippen molar-refractivity contribution in [1.82, 2.24) is 20.2 Å². The third kappa shape index (κ3) is 5.16. The van der Waals surface area contributed by atoms with Gasteiger partial charge < -0.3 is 15.2 Å². The zero-order valence-electron chi connectivity index (χ0n) is 19.6. The minimum absolute atomic E-state index is 0.0407. The first kappa shape index (κ1) is 26.5. The molecule has 0 fully saturated rings. The van der Waals surface area contributed by atoms with Crippen LogP contribution in [0.1, 0.15) is 29.8 Å². The Kier molecular flexibility index (Phi) is 6.99. The number of amides is 1. The zero-order valence-corrected chi connectivity index (χ0v) is 21.9. The van der Waals surface area contributed by atoms with Crippen molar-refractivity contribution in [3.05, 3.63) is 73.5 Å². The Hall–Kier alpha value is -3.52. The molecule has 0 bridgehead atoms. The predicted octanol–water partition coefficient (Wildman–Crippen LogP) is 2.94. The summed E-state index contributed by atoms with van der Waals surface area (Å²) in [7, 11) is -0.726. The molecule has 1 atom stereocenters. The van der Waals surface area contributed by atoms with Crippen LogP contribution in [0.2, 0.25) is 10.0 Å². The number of rotatable bonds is 6. The normalized spacial score (nSPS) is 12.5. The Labute approximate surface area is 219 Å². The van der Waals surface area contributed by atoms with Gasteiger partial charge in [-0.05, 0) is 29.8 Å². The number of fused-ring (bicyclic) bond motifs is 1. The third-order valence-corrected chi connectivity index (χ3v) is 6.95. The van der Waals surface area contributed by atoms with E-state index < -0.39 is 33.2 Å². The van der Waals surface area contributed by atoms with Crippen LogP contribution in [0.3, 0.4) is 0 Å². The van der Waals surface area contributed by atoms with Crippen LogP contribution in [0.5, 0.6) is 0 Å². The number of anilines is 2. The number of hydrogen-bond donors (Lipinski definition) is 4. The fraction of sp³-hybridized carbons (Fsp3) is 0.182. The van der Waals surface area contributed by atoms with Gasteiger partial charge in [-0.25, -0.2) is 22.9 Å². The molecule has 0 spiro atoms. The number of nitrogens with one attached hydrogen (secondary N) is 3. The molecule has 2 aromatic heterocycles. The summed E-state index contributed by atoms with van der Waals surface area (Å²) in [6, 6.07) is 6.07. The van der Waals surface area contributed by atoms with E-state index in [0.29, 0.717) is 11.4 Å². The van der Waals surface area contributed by atoms with Crippen molar-refractivity contribution in [2.24, 2.45) is 5.14 Å². The monoisotopic (exact) mass is 567 g/mol. The van der Waals surface area contributed by atoms with Crippen LogP contribution < -0.4 is 20.9 Å². The molecule has 0 aliphatic carbocycles. The second-order valence-corrected chi connectivity index (χ2v) is 10.7. The summed E-state index contributed by atoms with van der Waals surface area (Å²) in [5.74, 6) is -1.86. The topological polar surface area (TPSA) is 167 Å². The summed E-state index contributed by atoms with van der Waals surface area (Å²) in [6.45, 7) is 1.22. The van der Waals surface area contributed by atoms with Crippen LogP contribution in [-0.4, -0.2) is 48.6 Å². The van der Waals surface area contributed by atoms with Crippen LogP contribution in [0.15, 0.2) is 40.0 Å². The number of carbonyl (C=O) groups is 1. The van der Waals surface area contributed by atoms with Gasteiger partial charge in [0, 0.05) is 36.6 Å². The molecular formula is C22H20Cl2FN7O4S. The molecule has 0 aliphatic rings. The summed E-state index contributed by atoms with van der Waals surface area (Å²) < 4.78 is 38.2. The molecule has 194 valence electrons. The van der Waals surface area contributed by atoms with Gasteiger partial charge in [0.1, 0.15) is 17.0 Å².